The number of rotatable bonds is 11. The highest BCUT2D eigenvalue weighted by molar-refractivity contribution is 6.31. The summed E-state index contributed by atoms with van der Waals surface area (Å²) < 4.78 is 29.5. The van der Waals surface area contributed by atoms with Crippen LogP contribution in [-0.2, 0) is 20.8 Å². The number of alkyl halides is 2. The van der Waals surface area contributed by atoms with Crippen LogP contribution >= 0.6 is 11.6 Å². The van der Waals surface area contributed by atoms with Gasteiger partial charge in [0.25, 0.3) is 17.7 Å². The smallest absolute Gasteiger partial charge is 0.328 e. The van der Waals surface area contributed by atoms with Crippen molar-refractivity contribution in [3.8, 4) is 0 Å². The maximum atomic E-state index is 14.8. The normalized spacial score (nSPS) is 20.3. The van der Waals surface area contributed by atoms with E-state index in [-0.39, 0.29) is 46.2 Å². The van der Waals surface area contributed by atoms with Gasteiger partial charge in [-0.05, 0) is 56.4 Å². The van der Waals surface area contributed by atoms with E-state index in [0.717, 1.165) is 12.8 Å². The first-order valence-corrected chi connectivity index (χ1v) is 13.4. The quantitative estimate of drug-likeness (QED) is 0.280. The lowest BCUT2D eigenvalue weighted by atomic mass is 9.93. The summed E-state index contributed by atoms with van der Waals surface area (Å²) in [5.41, 5.74) is -0.230. The van der Waals surface area contributed by atoms with Gasteiger partial charge >= 0.3 is 5.92 Å². The third kappa shape index (κ3) is 7.54. The van der Waals surface area contributed by atoms with Gasteiger partial charge in [-0.15, -0.1) is 0 Å². The molecule has 0 radical (unpaired) electrons. The Bertz CT molecular complexity index is 1270. The van der Waals surface area contributed by atoms with Crippen LogP contribution in [0.15, 0.2) is 48.5 Å². The molecule has 214 valence electrons. The van der Waals surface area contributed by atoms with Gasteiger partial charge in [-0.3, -0.25) is 19.2 Å². The monoisotopic (exact) mass is 576 g/mol. The number of nitrogens with one attached hydrogen (secondary N) is 4. The number of aliphatic hydroxyl groups is 1. The third-order valence-corrected chi connectivity index (χ3v) is 7.14. The molecule has 40 heavy (non-hydrogen) atoms. The minimum absolute atomic E-state index is 0.0431. The molecule has 4 amide bonds. The van der Waals surface area contributed by atoms with Crippen LogP contribution in [0.25, 0.3) is 0 Å². The fraction of sp³-hybridized carbons (Fsp3) is 0.429. The SMILES string of the molecule is C[C@@H]1C[C@@H](CC(NC(=O)c2cc(Cl)ccc2NC(=O)C(F)(F)Cc2ccccc2)C(O)C(=O)NC2CC2)C(=O)N1. The molecule has 2 fully saturated rings. The van der Waals surface area contributed by atoms with Gasteiger partial charge < -0.3 is 26.4 Å². The lowest BCUT2D eigenvalue weighted by Crippen LogP contribution is -2.52. The van der Waals surface area contributed by atoms with Gasteiger partial charge in [-0.25, -0.2) is 0 Å². The molecular weight excluding hydrogens is 546 g/mol. The van der Waals surface area contributed by atoms with Crippen LogP contribution in [0.5, 0.6) is 0 Å². The number of anilines is 1. The van der Waals surface area contributed by atoms with Crippen molar-refractivity contribution in [2.75, 3.05) is 5.32 Å². The topological polar surface area (TPSA) is 137 Å². The summed E-state index contributed by atoms with van der Waals surface area (Å²) in [5, 5.41) is 21.0. The van der Waals surface area contributed by atoms with E-state index in [0.29, 0.717) is 6.42 Å². The Morgan fingerprint density at radius 1 is 1.15 bits per heavy atom. The molecule has 2 aromatic rings. The maximum absolute atomic E-state index is 14.8. The minimum Gasteiger partial charge on any atom is -0.381 e. The summed E-state index contributed by atoms with van der Waals surface area (Å²) in [6.07, 6.45) is -0.575. The maximum Gasteiger partial charge on any atom is 0.328 e. The Labute approximate surface area is 235 Å². The highest BCUT2D eigenvalue weighted by Gasteiger charge is 2.40. The molecule has 2 unspecified atom stereocenters. The molecule has 0 spiro atoms. The molecule has 4 atom stereocenters. The van der Waals surface area contributed by atoms with Crippen LogP contribution in [0.4, 0.5) is 14.5 Å². The van der Waals surface area contributed by atoms with Crippen LogP contribution < -0.4 is 21.3 Å². The van der Waals surface area contributed by atoms with Crippen molar-refractivity contribution >= 4 is 40.9 Å². The zero-order valence-electron chi connectivity index (χ0n) is 21.8. The molecule has 1 heterocycles. The summed E-state index contributed by atoms with van der Waals surface area (Å²) in [7, 11) is 0. The predicted octanol–water partition coefficient (Wildman–Crippen LogP) is 2.81. The number of amides is 4. The molecule has 0 aromatic heterocycles. The van der Waals surface area contributed by atoms with Crippen molar-refractivity contribution in [3.63, 3.8) is 0 Å². The molecule has 1 saturated heterocycles. The molecule has 12 heteroatoms. The van der Waals surface area contributed by atoms with Crippen LogP contribution in [0.1, 0.15) is 48.5 Å². The fourth-order valence-corrected chi connectivity index (χ4v) is 4.80. The van der Waals surface area contributed by atoms with Crippen LogP contribution in [-0.4, -0.2) is 58.9 Å². The number of hydrogen-bond acceptors (Lipinski definition) is 5. The standard InChI is InChI=1S/C28H31ClF2N4O5/c1-15-11-17(24(37)32-15)12-22(23(36)26(39)33-19-8-9-19)34-25(38)20-13-18(29)7-10-21(20)35-27(40)28(30,31)14-16-5-3-2-4-6-16/h2-7,10,13,15,17,19,22-23,36H,8-9,11-12,14H2,1H3,(H,32,37)(H,33,39)(H,34,38)(H,35,40)/t15-,17+,22?,23?/m1/s1. The summed E-state index contributed by atoms with van der Waals surface area (Å²) in [4.78, 5) is 50.9. The first-order valence-electron chi connectivity index (χ1n) is 13.1. The zero-order valence-corrected chi connectivity index (χ0v) is 22.5. The molecule has 9 nitrogen and oxygen atoms in total. The van der Waals surface area contributed by atoms with E-state index in [9.17, 15) is 33.1 Å². The van der Waals surface area contributed by atoms with E-state index < -0.39 is 48.1 Å². The van der Waals surface area contributed by atoms with Gasteiger partial charge in [0.1, 0.15) is 0 Å². The van der Waals surface area contributed by atoms with Crippen molar-refractivity contribution in [1.82, 2.24) is 16.0 Å². The first-order chi connectivity index (χ1) is 18.9. The van der Waals surface area contributed by atoms with Gasteiger partial charge in [0.05, 0.1) is 17.3 Å². The van der Waals surface area contributed by atoms with Gasteiger partial charge in [0, 0.05) is 29.4 Å². The second-order valence-corrected chi connectivity index (χ2v) is 10.8. The number of carbonyl (C=O) groups excluding carboxylic acids is 4. The van der Waals surface area contributed by atoms with Crippen LogP contribution in [0.2, 0.25) is 5.02 Å². The molecule has 2 aliphatic rings. The summed E-state index contributed by atoms with van der Waals surface area (Å²) >= 11 is 6.07. The van der Waals surface area contributed by atoms with Crippen molar-refractivity contribution in [3.05, 3.63) is 64.7 Å². The fourth-order valence-electron chi connectivity index (χ4n) is 4.63. The Kier molecular flexibility index (Phi) is 9.05. The number of benzene rings is 2. The van der Waals surface area contributed by atoms with Gasteiger partial charge in [0.15, 0.2) is 6.10 Å². The van der Waals surface area contributed by atoms with Crippen LogP contribution in [0.3, 0.4) is 0 Å². The Hall–Kier alpha value is -3.57. The largest absolute Gasteiger partial charge is 0.381 e. The average Bonchev–Trinajstić information content (AvgIpc) is 3.66. The van der Waals surface area contributed by atoms with Gasteiger partial charge in [0.2, 0.25) is 5.91 Å². The lowest BCUT2D eigenvalue weighted by molar-refractivity contribution is -0.139. The van der Waals surface area contributed by atoms with Crippen molar-refractivity contribution in [2.45, 2.75) is 69.2 Å². The molecule has 1 saturated carbocycles. The number of aliphatic hydroxyl groups excluding tert-OH is 1. The molecule has 5 N–H and O–H groups in total. The minimum atomic E-state index is -3.79. The molecule has 4 rings (SSSR count). The molecule has 2 aromatic carbocycles. The summed E-state index contributed by atoms with van der Waals surface area (Å²) in [5.74, 6) is -7.82. The molecule has 0 bridgehead atoms. The van der Waals surface area contributed by atoms with E-state index in [1.165, 1.54) is 30.3 Å². The first kappa shape index (κ1) is 29.4. The Morgan fingerprint density at radius 3 is 2.48 bits per heavy atom. The number of halogens is 3. The van der Waals surface area contributed by atoms with E-state index in [4.69, 9.17) is 11.6 Å². The second-order valence-electron chi connectivity index (χ2n) is 10.4. The second kappa shape index (κ2) is 12.3. The molecular formula is C28H31ClF2N4O5. The Balaban J connectivity index is 1.53. The van der Waals surface area contributed by atoms with Crippen molar-refractivity contribution in [1.29, 1.82) is 0 Å². The van der Waals surface area contributed by atoms with Crippen molar-refractivity contribution in [2.24, 2.45) is 5.92 Å². The van der Waals surface area contributed by atoms with Crippen molar-refractivity contribution < 1.29 is 33.1 Å². The van der Waals surface area contributed by atoms with Gasteiger partial charge in [-0.2, -0.15) is 8.78 Å². The van der Waals surface area contributed by atoms with E-state index in [2.05, 4.69) is 21.3 Å². The van der Waals surface area contributed by atoms with Gasteiger partial charge in [-0.1, -0.05) is 41.9 Å². The zero-order chi connectivity index (χ0) is 29.0. The molecule has 1 aliphatic heterocycles. The Morgan fingerprint density at radius 2 is 1.85 bits per heavy atom. The summed E-state index contributed by atoms with van der Waals surface area (Å²) in [6.45, 7) is 1.82. The highest BCUT2D eigenvalue weighted by atomic mass is 35.5. The molecule has 1 aliphatic carbocycles. The van der Waals surface area contributed by atoms with E-state index in [1.807, 2.05) is 6.92 Å². The van der Waals surface area contributed by atoms with E-state index in [1.54, 1.807) is 18.2 Å². The average molecular weight is 577 g/mol. The van der Waals surface area contributed by atoms with E-state index >= 15 is 0 Å². The lowest BCUT2D eigenvalue weighted by Gasteiger charge is -2.26. The summed E-state index contributed by atoms with van der Waals surface area (Å²) in [6, 6.07) is 10.1. The number of carbonyl (C=O) groups is 4. The predicted molar refractivity (Wildman–Crippen MR) is 144 cm³/mol. The van der Waals surface area contributed by atoms with Crippen LogP contribution in [0, 0.1) is 5.92 Å². The number of hydrogen-bond donors (Lipinski definition) is 5. The third-order valence-electron chi connectivity index (χ3n) is 6.90. The highest BCUT2D eigenvalue weighted by Crippen LogP contribution is 2.27.